The largest absolute Gasteiger partial charge is 0.392 e. The first kappa shape index (κ1) is 10.9. The lowest BCUT2D eigenvalue weighted by molar-refractivity contribution is -0.384. The number of fused-ring (bicyclic) bond motifs is 1. The Morgan fingerprint density at radius 3 is 2.89 bits per heavy atom. The molecular weight excluding hydrogens is 236 g/mol. The number of nitro groups is 1. The second kappa shape index (κ2) is 4.25. The van der Waals surface area contributed by atoms with Crippen LogP contribution in [0.4, 0.5) is 5.69 Å². The highest BCUT2D eigenvalue weighted by Gasteiger charge is 2.19. The molecule has 0 bridgehead atoms. The van der Waals surface area contributed by atoms with Gasteiger partial charge in [-0.1, -0.05) is 4.85 Å². The van der Waals surface area contributed by atoms with Gasteiger partial charge in [0.1, 0.15) is 17.1 Å². The highest BCUT2D eigenvalue weighted by Crippen LogP contribution is 2.22. The van der Waals surface area contributed by atoms with Gasteiger partial charge in [-0.15, -0.1) is 5.10 Å². The number of aromatic nitrogens is 3. The van der Waals surface area contributed by atoms with Crippen LogP contribution in [0.3, 0.4) is 0 Å². The predicted octanol–water partition coefficient (Wildman–Crippen LogP) is 1.71. The van der Waals surface area contributed by atoms with Crippen molar-refractivity contribution in [1.29, 1.82) is 0 Å². The van der Waals surface area contributed by atoms with Crippen LogP contribution in [0.2, 0.25) is 0 Å². The molecule has 7 heteroatoms. The molecule has 1 aromatic heterocycles. The number of hydrogen-bond donors (Lipinski definition) is 0. The van der Waals surface area contributed by atoms with Crippen LogP contribution in [-0.4, -0.2) is 26.2 Å². The molecule has 0 spiro atoms. The Kier molecular flexibility index (Phi) is 2.58. The number of benzene rings is 1. The Bertz CT molecular complexity index is 589. The average molecular weight is 248 g/mol. The maximum absolute atomic E-state index is 10.7. The van der Waals surface area contributed by atoms with Crippen LogP contribution in [0, 0.1) is 10.1 Å². The topological polar surface area (TPSA) is 83.1 Å². The van der Waals surface area contributed by atoms with Gasteiger partial charge in [-0.3, -0.25) is 10.1 Å². The zero-order valence-electron chi connectivity index (χ0n) is 9.65. The second-order valence-corrected chi connectivity index (χ2v) is 4.40. The van der Waals surface area contributed by atoms with Gasteiger partial charge in [0.15, 0.2) is 0 Å². The monoisotopic (exact) mass is 248 g/mol. The van der Waals surface area contributed by atoms with E-state index in [-0.39, 0.29) is 11.8 Å². The average Bonchev–Trinajstić information content (AvgIpc) is 2.99. The summed E-state index contributed by atoms with van der Waals surface area (Å²) in [6, 6.07) is 4.43. The molecule has 1 saturated carbocycles. The zero-order valence-corrected chi connectivity index (χ0v) is 9.65. The van der Waals surface area contributed by atoms with Crippen LogP contribution >= 0.6 is 0 Å². The van der Waals surface area contributed by atoms with E-state index >= 15 is 0 Å². The van der Waals surface area contributed by atoms with Gasteiger partial charge in [-0.2, -0.15) is 0 Å². The number of rotatable bonds is 3. The molecule has 1 aromatic carbocycles. The molecule has 1 aliphatic rings. The van der Waals surface area contributed by atoms with Crippen LogP contribution in [0.5, 0.6) is 0 Å². The molecule has 1 heterocycles. The first-order valence-electron chi connectivity index (χ1n) is 5.91. The smallest absolute Gasteiger partial charge is 0.271 e. The van der Waals surface area contributed by atoms with Crippen molar-refractivity contribution in [2.75, 3.05) is 0 Å². The van der Waals surface area contributed by atoms with Gasteiger partial charge < -0.3 is 4.84 Å². The Balaban J connectivity index is 1.95. The maximum Gasteiger partial charge on any atom is 0.271 e. The molecular formula is C11H12N4O3. The fourth-order valence-corrected chi connectivity index (χ4v) is 2.21. The Morgan fingerprint density at radius 2 is 2.17 bits per heavy atom. The minimum Gasteiger partial charge on any atom is -0.392 e. The predicted molar refractivity (Wildman–Crippen MR) is 63.0 cm³/mol. The van der Waals surface area contributed by atoms with E-state index in [0.29, 0.717) is 11.0 Å². The van der Waals surface area contributed by atoms with E-state index in [4.69, 9.17) is 4.84 Å². The van der Waals surface area contributed by atoms with Gasteiger partial charge in [0, 0.05) is 12.1 Å². The van der Waals surface area contributed by atoms with E-state index in [1.165, 1.54) is 17.0 Å². The van der Waals surface area contributed by atoms with E-state index in [9.17, 15) is 10.1 Å². The summed E-state index contributed by atoms with van der Waals surface area (Å²) in [6.07, 6.45) is 4.43. The van der Waals surface area contributed by atoms with Crippen molar-refractivity contribution in [2.24, 2.45) is 0 Å². The summed E-state index contributed by atoms with van der Waals surface area (Å²) in [4.78, 5) is 17.3. The highest BCUT2D eigenvalue weighted by atomic mass is 16.7. The van der Waals surface area contributed by atoms with Crippen molar-refractivity contribution in [1.82, 2.24) is 15.2 Å². The second-order valence-electron chi connectivity index (χ2n) is 4.40. The SMILES string of the molecule is O=[N+]([O-])c1ccc2nnn(OC3CCCC3)c2c1. The fraction of sp³-hybridized carbons (Fsp3) is 0.455. The van der Waals surface area contributed by atoms with Gasteiger partial charge in [-0.25, -0.2) is 0 Å². The molecule has 0 saturated heterocycles. The number of nitro benzene ring substituents is 1. The summed E-state index contributed by atoms with van der Waals surface area (Å²) in [6.45, 7) is 0. The third-order valence-electron chi connectivity index (χ3n) is 3.16. The summed E-state index contributed by atoms with van der Waals surface area (Å²) >= 11 is 0. The molecule has 1 aliphatic carbocycles. The lowest BCUT2D eigenvalue weighted by atomic mass is 10.3. The third kappa shape index (κ3) is 1.87. The lowest BCUT2D eigenvalue weighted by Gasteiger charge is -2.11. The molecule has 0 N–H and O–H groups in total. The van der Waals surface area contributed by atoms with Crippen LogP contribution in [-0.2, 0) is 0 Å². The summed E-state index contributed by atoms with van der Waals surface area (Å²) in [5, 5.41) is 18.5. The van der Waals surface area contributed by atoms with Crippen molar-refractivity contribution in [3.8, 4) is 0 Å². The summed E-state index contributed by atoms with van der Waals surface area (Å²) in [7, 11) is 0. The Labute approximate surface area is 102 Å². The van der Waals surface area contributed by atoms with Gasteiger partial charge in [0.05, 0.1) is 4.92 Å². The summed E-state index contributed by atoms with van der Waals surface area (Å²) in [5.41, 5.74) is 1.15. The molecule has 18 heavy (non-hydrogen) atoms. The van der Waals surface area contributed by atoms with Crippen molar-refractivity contribution in [3.05, 3.63) is 28.3 Å². The molecule has 0 radical (unpaired) electrons. The summed E-state index contributed by atoms with van der Waals surface area (Å²) < 4.78 is 0. The van der Waals surface area contributed by atoms with E-state index in [1.807, 2.05) is 0 Å². The van der Waals surface area contributed by atoms with Gasteiger partial charge in [0.25, 0.3) is 5.69 Å². The van der Waals surface area contributed by atoms with E-state index in [1.54, 1.807) is 6.07 Å². The van der Waals surface area contributed by atoms with Crippen molar-refractivity contribution >= 4 is 16.7 Å². The molecule has 2 aromatic rings. The van der Waals surface area contributed by atoms with E-state index in [0.717, 1.165) is 25.7 Å². The van der Waals surface area contributed by atoms with Crippen molar-refractivity contribution < 1.29 is 9.76 Å². The number of hydrogen-bond acceptors (Lipinski definition) is 5. The van der Waals surface area contributed by atoms with Crippen molar-refractivity contribution in [2.45, 2.75) is 31.8 Å². The molecule has 0 atom stereocenters. The van der Waals surface area contributed by atoms with E-state index < -0.39 is 4.92 Å². The van der Waals surface area contributed by atoms with Crippen molar-refractivity contribution in [3.63, 3.8) is 0 Å². The van der Waals surface area contributed by atoms with Crippen LogP contribution < -0.4 is 4.84 Å². The number of non-ortho nitro benzene ring substituents is 1. The standard InChI is InChI=1S/C11H12N4O3/c16-15(17)8-5-6-10-11(7-8)14(13-12-10)18-9-3-1-2-4-9/h5-7,9H,1-4H2. The molecule has 0 unspecified atom stereocenters. The minimum atomic E-state index is -0.438. The minimum absolute atomic E-state index is 0.0149. The van der Waals surface area contributed by atoms with Gasteiger partial charge >= 0.3 is 0 Å². The molecule has 3 rings (SSSR count). The highest BCUT2D eigenvalue weighted by molar-refractivity contribution is 5.76. The normalized spacial score (nSPS) is 16.2. The van der Waals surface area contributed by atoms with Gasteiger partial charge in [-0.05, 0) is 37.0 Å². The molecule has 0 amide bonds. The Morgan fingerprint density at radius 1 is 1.39 bits per heavy atom. The third-order valence-corrected chi connectivity index (χ3v) is 3.16. The van der Waals surface area contributed by atoms with E-state index in [2.05, 4.69) is 10.3 Å². The van der Waals surface area contributed by atoms with Crippen LogP contribution in [0.1, 0.15) is 25.7 Å². The maximum atomic E-state index is 10.7. The first-order valence-corrected chi connectivity index (χ1v) is 5.91. The molecule has 94 valence electrons. The fourth-order valence-electron chi connectivity index (χ4n) is 2.21. The number of nitrogens with zero attached hydrogens (tertiary/aromatic N) is 4. The summed E-state index contributed by atoms with van der Waals surface area (Å²) in [5.74, 6) is 0. The lowest BCUT2D eigenvalue weighted by Crippen LogP contribution is -2.23. The molecule has 0 aliphatic heterocycles. The molecule has 7 nitrogen and oxygen atoms in total. The van der Waals surface area contributed by atoms with Crippen LogP contribution in [0.25, 0.3) is 11.0 Å². The quantitative estimate of drug-likeness (QED) is 0.610. The van der Waals surface area contributed by atoms with Gasteiger partial charge in [0.2, 0.25) is 0 Å². The first-order chi connectivity index (χ1) is 8.74. The Hall–Kier alpha value is -2.18. The molecule has 1 fully saturated rings. The van der Waals surface area contributed by atoms with Crippen LogP contribution in [0.15, 0.2) is 18.2 Å². The zero-order chi connectivity index (χ0) is 12.5.